The Morgan fingerprint density at radius 2 is 2.18 bits per heavy atom. The van der Waals surface area contributed by atoms with E-state index in [1.165, 1.54) is 6.07 Å². The number of hydrogen-bond acceptors (Lipinski definition) is 3. The molecule has 1 rings (SSSR count). The van der Waals surface area contributed by atoms with Crippen LogP contribution in [0.15, 0.2) is 20.0 Å². The number of rotatable bonds is 5. The predicted molar refractivity (Wildman–Crippen MR) is 61.8 cm³/mol. The minimum atomic E-state index is -4.00. The van der Waals surface area contributed by atoms with Gasteiger partial charge in [0.05, 0.1) is 12.4 Å². The van der Waals surface area contributed by atoms with Gasteiger partial charge in [-0.2, -0.15) is 4.31 Å². The molecule has 0 aliphatic carbocycles. The van der Waals surface area contributed by atoms with Gasteiger partial charge in [-0.05, 0) is 15.9 Å². The Labute approximate surface area is 111 Å². The van der Waals surface area contributed by atoms with E-state index in [2.05, 4.69) is 15.9 Å². The molecule has 0 saturated heterocycles. The van der Waals surface area contributed by atoms with E-state index in [9.17, 15) is 17.2 Å². The molecule has 0 atom stereocenters. The number of alkyl halides is 3. The molecular formula is C8H9BrClF2NO3S. The van der Waals surface area contributed by atoms with Gasteiger partial charge in [-0.25, -0.2) is 17.2 Å². The minimum absolute atomic E-state index is 0.00726. The third-order valence-electron chi connectivity index (χ3n) is 1.92. The second-order valence-electron chi connectivity index (χ2n) is 3.16. The van der Waals surface area contributed by atoms with Gasteiger partial charge < -0.3 is 4.42 Å². The van der Waals surface area contributed by atoms with E-state index in [0.717, 1.165) is 7.05 Å². The van der Waals surface area contributed by atoms with Crippen LogP contribution in [0.1, 0.15) is 5.76 Å². The fraction of sp³-hybridized carbons (Fsp3) is 0.500. The van der Waals surface area contributed by atoms with Crippen LogP contribution in [-0.4, -0.2) is 32.7 Å². The second-order valence-corrected chi connectivity index (χ2v) is 6.16. The van der Waals surface area contributed by atoms with Gasteiger partial charge in [0.1, 0.15) is 10.7 Å². The molecule has 17 heavy (non-hydrogen) atoms. The summed E-state index contributed by atoms with van der Waals surface area (Å²) in [6, 6.07) is 1.20. The molecule has 0 aliphatic rings. The molecule has 0 spiro atoms. The van der Waals surface area contributed by atoms with Crippen molar-refractivity contribution in [3.63, 3.8) is 0 Å². The van der Waals surface area contributed by atoms with E-state index < -0.39 is 23.0 Å². The molecule has 0 radical (unpaired) electrons. The Morgan fingerprint density at radius 1 is 1.59 bits per heavy atom. The van der Waals surface area contributed by atoms with Crippen LogP contribution in [0.3, 0.4) is 0 Å². The van der Waals surface area contributed by atoms with E-state index in [-0.39, 0.29) is 21.2 Å². The van der Waals surface area contributed by atoms with Gasteiger partial charge in [0.2, 0.25) is 10.0 Å². The maximum absolute atomic E-state index is 12.1. The first kappa shape index (κ1) is 14.9. The zero-order chi connectivity index (χ0) is 13.2. The summed E-state index contributed by atoms with van der Waals surface area (Å²) >= 11 is 8.39. The lowest BCUT2D eigenvalue weighted by Crippen LogP contribution is -2.31. The summed E-state index contributed by atoms with van der Waals surface area (Å²) in [6.07, 6.45) is -2.74. The fourth-order valence-corrected chi connectivity index (χ4v) is 3.34. The van der Waals surface area contributed by atoms with Gasteiger partial charge in [0.15, 0.2) is 4.67 Å². The first-order chi connectivity index (χ1) is 7.78. The smallest absolute Gasteiger partial charge is 0.252 e. The van der Waals surface area contributed by atoms with E-state index in [4.69, 9.17) is 16.0 Å². The zero-order valence-electron chi connectivity index (χ0n) is 8.66. The summed E-state index contributed by atoms with van der Waals surface area (Å²) in [7, 11) is -2.93. The Hall–Kier alpha value is -0.180. The van der Waals surface area contributed by atoms with E-state index >= 15 is 0 Å². The molecule has 98 valence electrons. The van der Waals surface area contributed by atoms with E-state index in [1.807, 2.05) is 0 Å². The van der Waals surface area contributed by atoms with Gasteiger partial charge in [-0.1, -0.05) is 0 Å². The molecule has 0 bridgehead atoms. The molecule has 0 unspecified atom stereocenters. The third-order valence-corrected chi connectivity index (χ3v) is 4.87. The van der Waals surface area contributed by atoms with Crippen molar-refractivity contribution in [1.29, 1.82) is 0 Å². The van der Waals surface area contributed by atoms with Crippen molar-refractivity contribution < 1.29 is 21.6 Å². The Balaban J connectivity index is 3.08. The summed E-state index contributed by atoms with van der Waals surface area (Å²) in [5, 5.41) is 0. The summed E-state index contributed by atoms with van der Waals surface area (Å²) in [6.45, 7) is -0.879. The van der Waals surface area contributed by atoms with Gasteiger partial charge in [0, 0.05) is 13.1 Å². The van der Waals surface area contributed by atoms with Crippen LogP contribution >= 0.6 is 27.5 Å². The maximum Gasteiger partial charge on any atom is 0.252 e. The Kier molecular flexibility index (Phi) is 4.94. The molecule has 9 heteroatoms. The van der Waals surface area contributed by atoms with Crippen molar-refractivity contribution >= 4 is 37.6 Å². The average Bonchev–Trinajstić information content (AvgIpc) is 2.59. The summed E-state index contributed by atoms with van der Waals surface area (Å²) < 4.78 is 53.5. The maximum atomic E-state index is 12.1. The van der Waals surface area contributed by atoms with Gasteiger partial charge in [-0.15, -0.1) is 11.6 Å². The molecule has 0 saturated carbocycles. The SMILES string of the molecule is CN(CC(F)F)S(=O)(=O)c1cc(CCl)oc1Br. The van der Waals surface area contributed by atoms with Crippen LogP contribution in [0.4, 0.5) is 8.78 Å². The van der Waals surface area contributed by atoms with Gasteiger partial charge in [-0.3, -0.25) is 0 Å². The Bertz CT molecular complexity index is 491. The number of halogens is 4. The first-order valence-corrected chi connectivity index (χ1v) is 7.14. The standard InChI is InChI=1S/C8H9BrClF2NO3S/c1-13(4-7(11)12)17(14,15)6-2-5(3-10)16-8(6)9/h2,7H,3-4H2,1H3. The topological polar surface area (TPSA) is 50.5 Å². The van der Waals surface area contributed by atoms with Crippen LogP contribution in [0.5, 0.6) is 0 Å². The number of sulfonamides is 1. The van der Waals surface area contributed by atoms with E-state index in [0.29, 0.717) is 4.31 Å². The highest BCUT2D eigenvalue weighted by molar-refractivity contribution is 9.10. The second kappa shape index (κ2) is 5.64. The van der Waals surface area contributed by atoms with Crippen molar-refractivity contribution in [3.8, 4) is 0 Å². The fourth-order valence-electron chi connectivity index (χ4n) is 1.10. The van der Waals surface area contributed by atoms with Gasteiger partial charge in [0.25, 0.3) is 6.43 Å². The highest BCUT2D eigenvalue weighted by Gasteiger charge is 2.28. The van der Waals surface area contributed by atoms with Crippen LogP contribution in [0.2, 0.25) is 0 Å². The largest absolute Gasteiger partial charge is 0.452 e. The summed E-state index contributed by atoms with van der Waals surface area (Å²) in [4.78, 5) is -0.212. The molecule has 1 heterocycles. The summed E-state index contributed by atoms with van der Waals surface area (Å²) in [5.74, 6) is 0.231. The number of nitrogens with zero attached hydrogens (tertiary/aromatic N) is 1. The molecule has 4 nitrogen and oxygen atoms in total. The van der Waals surface area contributed by atoms with Gasteiger partial charge >= 0.3 is 0 Å². The average molecular weight is 353 g/mol. The minimum Gasteiger partial charge on any atom is -0.452 e. The van der Waals surface area contributed by atoms with Crippen molar-refractivity contribution in [2.24, 2.45) is 0 Å². The normalized spacial score (nSPS) is 12.6. The lowest BCUT2D eigenvalue weighted by molar-refractivity contribution is 0.126. The monoisotopic (exact) mass is 351 g/mol. The predicted octanol–water partition coefficient (Wildman–Crippen LogP) is 2.67. The van der Waals surface area contributed by atoms with Crippen LogP contribution in [0.25, 0.3) is 0 Å². The highest BCUT2D eigenvalue weighted by Crippen LogP contribution is 2.29. The lowest BCUT2D eigenvalue weighted by Gasteiger charge is -2.15. The molecular weight excluding hydrogens is 344 g/mol. The first-order valence-electron chi connectivity index (χ1n) is 4.37. The zero-order valence-corrected chi connectivity index (χ0v) is 11.8. The Morgan fingerprint density at radius 3 is 2.59 bits per heavy atom. The van der Waals surface area contributed by atoms with Crippen molar-refractivity contribution in [2.75, 3.05) is 13.6 Å². The molecule has 0 aliphatic heterocycles. The number of furan rings is 1. The molecule has 1 aromatic rings. The van der Waals surface area contributed by atoms with Crippen molar-refractivity contribution in [1.82, 2.24) is 4.31 Å². The van der Waals surface area contributed by atoms with Crippen molar-refractivity contribution in [2.45, 2.75) is 17.2 Å². The van der Waals surface area contributed by atoms with Crippen LogP contribution in [0, 0.1) is 0 Å². The number of hydrogen-bond donors (Lipinski definition) is 0. The quantitative estimate of drug-likeness (QED) is 0.766. The third kappa shape index (κ3) is 3.40. The molecule has 0 aromatic carbocycles. The van der Waals surface area contributed by atoms with Crippen LogP contribution < -0.4 is 0 Å². The molecule has 0 N–H and O–H groups in total. The van der Waals surface area contributed by atoms with E-state index in [1.54, 1.807) is 0 Å². The molecule has 1 aromatic heterocycles. The lowest BCUT2D eigenvalue weighted by atomic mass is 10.5. The summed E-state index contributed by atoms with van der Waals surface area (Å²) in [5.41, 5.74) is 0. The molecule has 0 fully saturated rings. The molecule has 0 amide bonds. The van der Waals surface area contributed by atoms with Crippen LogP contribution in [-0.2, 0) is 15.9 Å². The highest BCUT2D eigenvalue weighted by atomic mass is 79.9. The van der Waals surface area contributed by atoms with Crippen molar-refractivity contribution in [3.05, 3.63) is 16.5 Å².